The first-order valence-electron chi connectivity index (χ1n) is 5.98. The third kappa shape index (κ3) is 4.05. The molecule has 0 fully saturated rings. The summed E-state index contributed by atoms with van der Waals surface area (Å²) < 4.78 is 24.5. The van der Waals surface area contributed by atoms with Crippen LogP contribution in [0.15, 0.2) is 56.9 Å². The molecule has 2 N–H and O–H groups in total. The van der Waals surface area contributed by atoms with E-state index >= 15 is 0 Å². The Kier molecular flexibility index (Phi) is 4.64. The van der Waals surface area contributed by atoms with Gasteiger partial charge in [0.1, 0.15) is 5.75 Å². The molecule has 0 saturated heterocycles. The Bertz CT molecular complexity index is 771. The summed E-state index contributed by atoms with van der Waals surface area (Å²) in [6.45, 7) is 1.88. The molecule has 5 nitrogen and oxygen atoms in total. The van der Waals surface area contributed by atoms with E-state index in [-0.39, 0.29) is 10.6 Å². The van der Waals surface area contributed by atoms with Crippen molar-refractivity contribution in [3.05, 3.63) is 58.1 Å². The lowest BCUT2D eigenvalue weighted by molar-refractivity contribution is 0.472. The number of rotatable bonds is 4. The van der Waals surface area contributed by atoms with Crippen LogP contribution in [-0.2, 0) is 10.0 Å². The van der Waals surface area contributed by atoms with Crippen LogP contribution in [0.25, 0.3) is 0 Å². The fourth-order valence-corrected chi connectivity index (χ4v) is 2.73. The summed E-state index contributed by atoms with van der Waals surface area (Å²) in [4.78, 5) is 2.29. The molecule has 0 bridgehead atoms. The number of nitrogens with one attached hydrogen (secondary N) is 1. The third-order valence-corrected chi connectivity index (χ3v) is 4.56. The van der Waals surface area contributed by atoms with E-state index in [1.807, 2.05) is 6.92 Å². The molecule has 0 amide bonds. The number of sulfonamides is 1. The van der Waals surface area contributed by atoms with Crippen molar-refractivity contribution in [3.8, 4) is 5.75 Å². The van der Waals surface area contributed by atoms with Crippen molar-refractivity contribution >= 4 is 32.2 Å². The lowest BCUT2D eigenvalue weighted by Gasteiger charge is -2.03. The summed E-state index contributed by atoms with van der Waals surface area (Å²) in [7, 11) is -3.67. The third-order valence-electron chi connectivity index (χ3n) is 2.69. The van der Waals surface area contributed by atoms with Crippen LogP contribution in [0.1, 0.15) is 11.1 Å². The molecular weight excluding hydrogens is 356 g/mol. The Morgan fingerprint density at radius 3 is 2.48 bits per heavy atom. The minimum absolute atomic E-state index is 0.104. The zero-order chi connectivity index (χ0) is 15.5. The summed E-state index contributed by atoms with van der Waals surface area (Å²) in [6, 6.07) is 11.2. The topological polar surface area (TPSA) is 78.8 Å². The van der Waals surface area contributed by atoms with Crippen LogP contribution in [0.5, 0.6) is 5.75 Å². The normalized spacial score (nSPS) is 11.7. The Balaban J connectivity index is 2.12. The minimum Gasteiger partial charge on any atom is -0.507 e. The van der Waals surface area contributed by atoms with Gasteiger partial charge in [-0.3, -0.25) is 0 Å². The molecule has 2 rings (SSSR count). The highest BCUT2D eigenvalue weighted by molar-refractivity contribution is 9.10. The van der Waals surface area contributed by atoms with Gasteiger partial charge in [0.2, 0.25) is 0 Å². The lowest BCUT2D eigenvalue weighted by atomic mass is 10.2. The first-order chi connectivity index (χ1) is 9.88. The van der Waals surface area contributed by atoms with Gasteiger partial charge in [0.25, 0.3) is 10.0 Å². The molecule has 0 aliphatic heterocycles. The highest BCUT2D eigenvalue weighted by atomic mass is 79.9. The van der Waals surface area contributed by atoms with Crippen LogP contribution in [0.2, 0.25) is 0 Å². The SMILES string of the molecule is Cc1ccc(S(=O)(=O)N/N=C\c2ccc(O)c(Br)c2)cc1. The van der Waals surface area contributed by atoms with E-state index in [1.165, 1.54) is 24.4 Å². The summed E-state index contributed by atoms with van der Waals surface area (Å²) in [5.41, 5.74) is 1.62. The number of aryl methyl sites for hydroxylation is 1. The average molecular weight is 369 g/mol. The van der Waals surface area contributed by atoms with Crippen molar-refractivity contribution in [3.63, 3.8) is 0 Å². The number of phenols is 1. The van der Waals surface area contributed by atoms with Gasteiger partial charge in [0.05, 0.1) is 15.6 Å². The van der Waals surface area contributed by atoms with Gasteiger partial charge in [-0.2, -0.15) is 13.5 Å². The Morgan fingerprint density at radius 2 is 1.86 bits per heavy atom. The maximum absolute atomic E-state index is 12.0. The number of phenolic OH excluding ortho intramolecular Hbond substituents is 1. The van der Waals surface area contributed by atoms with E-state index in [0.29, 0.717) is 10.0 Å². The molecule has 0 atom stereocenters. The van der Waals surface area contributed by atoms with Gasteiger partial charge in [-0.25, -0.2) is 4.83 Å². The number of hydrogen-bond acceptors (Lipinski definition) is 4. The van der Waals surface area contributed by atoms with Crippen LogP contribution in [0, 0.1) is 6.92 Å². The van der Waals surface area contributed by atoms with Gasteiger partial charge < -0.3 is 5.11 Å². The number of benzene rings is 2. The van der Waals surface area contributed by atoms with E-state index in [2.05, 4.69) is 25.9 Å². The molecule has 110 valence electrons. The highest BCUT2D eigenvalue weighted by Gasteiger charge is 2.11. The van der Waals surface area contributed by atoms with E-state index in [1.54, 1.807) is 24.3 Å². The minimum atomic E-state index is -3.67. The second-order valence-electron chi connectivity index (χ2n) is 4.38. The molecule has 0 aliphatic carbocycles. The molecule has 0 radical (unpaired) electrons. The Hall–Kier alpha value is -1.86. The van der Waals surface area contributed by atoms with E-state index in [4.69, 9.17) is 0 Å². The second kappa shape index (κ2) is 6.28. The first kappa shape index (κ1) is 15.5. The molecule has 7 heteroatoms. The van der Waals surface area contributed by atoms with E-state index in [0.717, 1.165) is 5.56 Å². The average Bonchev–Trinajstić information content (AvgIpc) is 2.43. The van der Waals surface area contributed by atoms with Crippen LogP contribution in [0.3, 0.4) is 0 Å². The number of hydrazone groups is 1. The van der Waals surface area contributed by atoms with Crippen molar-refractivity contribution in [1.29, 1.82) is 0 Å². The molecule has 0 unspecified atom stereocenters. The molecular formula is C14H13BrN2O3S. The van der Waals surface area contributed by atoms with E-state index < -0.39 is 10.0 Å². The van der Waals surface area contributed by atoms with Gasteiger partial charge in [0.15, 0.2) is 0 Å². The number of nitrogens with zero attached hydrogens (tertiary/aromatic N) is 1. The predicted octanol–water partition coefficient (Wildman–Crippen LogP) is 2.78. The van der Waals surface area contributed by atoms with Crippen molar-refractivity contribution in [2.24, 2.45) is 5.10 Å². The highest BCUT2D eigenvalue weighted by Crippen LogP contribution is 2.23. The summed E-state index contributed by atoms with van der Waals surface area (Å²) in [5, 5.41) is 13.1. The summed E-state index contributed by atoms with van der Waals surface area (Å²) >= 11 is 3.17. The van der Waals surface area contributed by atoms with Gasteiger partial charge >= 0.3 is 0 Å². The fourth-order valence-electron chi connectivity index (χ4n) is 1.54. The molecule has 0 heterocycles. The fraction of sp³-hybridized carbons (Fsp3) is 0.0714. The molecule has 21 heavy (non-hydrogen) atoms. The van der Waals surface area contributed by atoms with Crippen molar-refractivity contribution in [1.82, 2.24) is 4.83 Å². The standard InChI is InChI=1S/C14H13BrN2O3S/c1-10-2-5-12(6-3-10)21(19,20)17-16-9-11-4-7-14(18)13(15)8-11/h2-9,17-18H,1H3/b16-9-. The second-order valence-corrected chi connectivity index (χ2v) is 6.89. The molecule has 2 aromatic rings. The quantitative estimate of drug-likeness (QED) is 0.643. The first-order valence-corrected chi connectivity index (χ1v) is 8.26. The largest absolute Gasteiger partial charge is 0.507 e. The Labute approximate surface area is 131 Å². The van der Waals surface area contributed by atoms with Crippen LogP contribution < -0.4 is 4.83 Å². The predicted molar refractivity (Wildman–Crippen MR) is 84.9 cm³/mol. The lowest BCUT2D eigenvalue weighted by Crippen LogP contribution is -2.18. The van der Waals surface area contributed by atoms with Gasteiger partial charge in [-0.05, 0) is 58.7 Å². The monoisotopic (exact) mass is 368 g/mol. The van der Waals surface area contributed by atoms with Gasteiger partial charge in [-0.1, -0.05) is 17.7 Å². The number of aromatic hydroxyl groups is 1. The molecule has 0 aliphatic rings. The maximum Gasteiger partial charge on any atom is 0.276 e. The smallest absolute Gasteiger partial charge is 0.276 e. The van der Waals surface area contributed by atoms with Crippen molar-refractivity contribution in [2.45, 2.75) is 11.8 Å². The zero-order valence-electron chi connectivity index (χ0n) is 11.1. The summed E-state index contributed by atoms with van der Waals surface area (Å²) in [5.74, 6) is 0.104. The van der Waals surface area contributed by atoms with Crippen LogP contribution in [-0.4, -0.2) is 19.7 Å². The molecule has 2 aromatic carbocycles. The van der Waals surface area contributed by atoms with Gasteiger partial charge in [-0.15, -0.1) is 0 Å². The number of hydrogen-bond donors (Lipinski definition) is 2. The van der Waals surface area contributed by atoms with Crippen molar-refractivity contribution in [2.75, 3.05) is 0 Å². The Morgan fingerprint density at radius 1 is 1.19 bits per heavy atom. The maximum atomic E-state index is 12.0. The number of halogens is 1. The summed E-state index contributed by atoms with van der Waals surface area (Å²) in [6.07, 6.45) is 1.36. The molecule has 0 aromatic heterocycles. The zero-order valence-corrected chi connectivity index (χ0v) is 13.5. The van der Waals surface area contributed by atoms with Crippen LogP contribution in [0.4, 0.5) is 0 Å². The molecule has 0 spiro atoms. The van der Waals surface area contributed by atoms with Crippen LogP contribution >= 0.6 is 15.9 Å². The molecule has 0 saturated carbocycles. The van der Waals surface area contributed by atoms with Gasteiger partial charge in [0, 0.05) is 0 Å². The van der Waals surface area contributed by atoms with E-state index in [9.17, 15) is 13.5 Å². The van der Waals surface area contributed by atoms with Crippen molar-refractivity contribution < 1.29 is 13.5 Å².